The lowest BCUT2D eigenvalue weighted by atomic mass is 9.99. The standard InChI is InChI=1S/C11H25N3O/c1-10-8-13(3)6-7-14(10)5-4-11(2,12)9-15/h10,15H,4-9,12H2,1-3H3. The summed E-state index contributed by atoms with van der Waals surface area (Å²) in [6.45, 7) is 8.58. The fraction of sp³-hybridized carbons (Fsp3) is 1.00. The van der Waals surface area contributed by atoms with Crippen LogP contribution in [0.1, 0.15) is 20.3 Å². The summed E-state index contributed by atoms with van der Waals surface area (Å²) in [5.41, 5.74) is 5.49. The summed E-state index contributed by atoms with van der Waals surface area (Å²) < 4.78 is 0. The maximum atomic E-state index is 9.08. The fourth-order valence-electron chi connectivity index (χ4n) is 1.99. The van der Waals surface area contributed by atoms with E-state index in [1.807, 2.05) is 6.92 Å². The third-order valence-corrected chi connectivity index (χ3v) is 3.30. The van der Waals surface area contributed by atoms with E-state index in [1.54, 1.807) is 0 Å². The number of aliphatic hydroxyl groups excluding tert-OH is 1. The zero-order valence-electron chi connectivity index (χ0n) is 10.2. The molecule has 1 fully saturated rings. The Bertz CT molecular complexity index is 196. The lowest BCUT2D eigenvalue weighted by Gasteiger charge is -2.39. The Morgan fingerprint density at radius 2 is 2.13 bits per heavy atom. The predicted octanol–water partition coefficient (Wildman–Crippen LogP) is -0.278. The average molecular weight is 215 g/mol. The van der Waals surface area contributed by atoms with Crippen LogP contribution in [0.15, 0.2) is 0 Å². The SMILES string of the molecule is CC1CN(C)CCN1CCC(C)(N)CO. The molecule has 0 aliphatic carbocycles. The summed E-state index contributed by atoms with van der Waals surface area (Å²) in [4.78, 5) is 4.82. The molecule has 15 heavy (non-hydrogen) atoms. The Labute approximate surface area is 93.0 Å². The van der Waals surface area contributed by atoms with E-state index in [0.29, 0.717) is 6.04 Å². The molecule has 4 nitrogen and oxygen atoms in total. The quantitative estimate of drug-likeness (QED) is 0.677. The van der Waals surface area contributed by atoms with Gasteiger partial charge in [-0.3, -0.25) is 4.90 Å². The Balaban J connectivity index is 2.33. The number of hydrogen-bond acceptors (Lipinski definition) is 4. The molecule has 4 heteroatoms. The molecular formula is C11H25N3O. The molecule has 0 bridgehead atoms. The fourth-order valence-corrected chi connectivity index (χ4v) is 1.99. The molecule has 0 amide bonds. The number of nitrogens with zero attached hydrogens (tertiary/aromatic N) is 2. The molecule has 0 saturated carbocycles. The molecule has 0 radical (unpaired) electrons. The van der Waals surface area contributed by atoms with Crippen LogP contribution in [0, 0.1) is 0 Å². The molecule has 1 rings (SSSR count). The molecule has 90 valence electrons. The van der Waals surface area contributed by atoms with E-state index in [-0.39, 0.29) is 6.61 Å². The lowest BCUT2D eigenvalue weighted by molar-refractivity contribution is 0.0865. The van der Waals surface area contributed by atoms with Crippen molar-refractivity contribution in [3.05, 3.63) is 0 Å². The summed E-state index contributed by atoms with van der Waals surface area (Å²) in [7, 11) is 2.16. The first-order valence-corrected chi connectivity index (χ1v) is 5.77. The predicted molar refractivity (Wildman–Crippen MR) is 62.8 cm³/mol. The monoisotopic (exact) mass is 215 g/mol. The molecule has 0 aromatic rings. The van der Waals surface area contributed by atoms with Crippen molar-refractivity contribution in [1.82, 2.24) is 9.80 Å². The zero-order valence-corrected chi connectivity index (χ0v) is 10.2. The highest BCUT2D eigenvalue weighted by Gasteiger charge is 2.24. The number of likely N-dealkylation sites (N-methyl/N-ethyl adjacent to an activating group) is 1. The summed E-state index contributed by atoms with van der Waals surface area (Å²) >= 11 is 0. The molecule has 1 saturated heterocycles. The summed E-state index contributed by atoms with van der Waals surface area (Å²) in [5, 5.41) is 9.08. The topological polar surface area (TPSA) is 52.7 Å². The van der Waals surface area contributed by atoms with Crippen LogP contribution in [-0.2, 0) is 0 Å². The molecule has 0 spiro atoms. The third-order valence-electron chi connectivity index (χ3n) is 3.30. The highest BCUT2D eigenvalue weighted by atomic mass is 16.3. The Morgan fingerprint density at radius 1 is 1.47 bits per heavy atom. The molecule has 1 aliphatic rings. The number of piperazine rings is 1. The minimum absolute atomic E-state index is 0.0646. The van der Waals surface area contributed by atoms with Gasteiger partial charge in [-0.1, -0.05) is 0 Å². The van der Waals surface area contributed by atoms with Crippen LogP contribution in [0.4, 0.5) is 0 Å². The van der Waals surface area contributed by atoms with Crippen molar-refractivity contribution in [2.75, 3.05) is 39.8 Å². The summed E-state index contributed by atoms with van der Waals surface area (Å²) in [6.07, 6.45) is 0.859. The van der Waals surface area contributed by atoms with E-state index in [2.05, 4.69) is 23.8 Å². The molecule has 0 aromatic heterocycles. The van der Waals surface area contributed by atoms with Gasteiger partial charge in [0.1, 0.15) is 0 Å². The molecule has 3 N–H and O–H groups in total. The van der Waals surface area contributed by atoms with Gasteiger partial charge in [-0.15, -0.1) is 0 Å². The first-order valence-electron chi connectivity index (χ1n) is 5.77. The zero-order chi connectivity index (χ0) is 11.5. The molecule has 2 atom stereocenters. The second-order valence-corrected chi connectivity index (χ2v) is 5.21. The van der Waals surface area contributed by atoms with Crippen LogP contribution in [0.3, 0.4) is 0 Å². The minimum Gasteiger partial charge on any atom is -0.394 e. The van der Waals surface area contributed by atoms with Crippen molar-refractivity contribution >= 4 is 0 Å². The number of rotatable bonds is 4. The van der Waals surface area contributed by atoms with Crippen LogP contribution >= 0.6 is 0 Å². The Hall–Kier alpha value is -0.160. The molecular weight excluding hydrogens is 190 g/mol. The van der Waals surface area contributed by atoms with Gasteiger partial charge in [0.25, 0.3) is 0 Å². The Kier molecular flexibility index (Phi) is 4.52. The molecule has 2 unspecified atom stereocenters. The van der Waals surface area contributed by atoms with Gasteiger partial charge in [-0.05, 0) is 27.3 Å². The third kappa shape index (κ3) is 4.07. The van der Waals surface area contributed by atoms with E-state index in [4.69, 9.17) is 10.8 Å². The number of hydrogen-bond donors (Lipinski definition) is 2. The van der Waals surface area contributed by atoms with Crippen molar-refractivity contribution in [3.8, 4) is 0 Å². The second kappa shape index (κ2) is 5.25. The van der Waals surface area contributed by atoms with Crippen molar-refractivity contribution in [1.29, 1.82) is 0 Å². The van der Waals surface area contributed by atoms with E-state index in [0.717, 1.165) is 32.6 Å². The number of aliphatic hydroxyl groups is 1. The van der Waals surface area contributed by atoms with E-state index < -0.39 is 5.54 Å². The van der Waals surface area contributed by atoms with Gasteiger partial charge >= 0.3 is 0 Å². The average Bonchev–Trinajstić information content (AvgIpc) is 2.16. The highest BCUT2D eigenvalue weighted by Crippen LogP contribution is 2.12. The first kappa shape index (κ1) is 12.9. The van der Waals surface area contributed by atoms with Crippen LogP contribution in [0.5, 0.6) is 0 Å². The van der Waals surface area contributed by atoms with Crippen LogP contribution in [0.25, 0.3) is 0 Å². The van der Waals surface area contributed by atoms with Gasteiger partial charge in [0.15, 0.2) is 0 Å². The van der Waals surface area contributed by atoms with Crippen molar-refractivity contribution in [2.24, 2.45) is 5.73 Å². The van der Waals surface area contributed by atoms with Crippen molar-refractivity contribution in [3.63, 3.8) is 0 Å². The smallest absolute Gasteiger partial charge is 0.0608 e. The van der Waals surface area contributed by atoms with Gasteiger partial charge in [-0.2, -0.15) is 0 Å². The van der Waals surface area contributed by atoms with E-state index in [9.17, 15) is 0 Å². The van der Waals surface area contributed by atoms with Gasteiger partial charge < -0.3 is 15.7 Å². The number of nitrogens with two attached hydrogens (primary N) is 1. The lowest BCUT2D eigenvalue weighted by Crippen LogP contribution is -2.52. The highest BCUT2D eigenvalue weighted by molar-refractivity contribution is 4.83. The van der Waals surface area contributed by atoms with E-state index >= 15 is 0 Å². The van der Waals surface area contributed by atoms with Gasteiger partial charge in [0.2, 0.25) is 0 Å². The van der Waals surface area contributed by atoms with Crippen molar-refractivity contribution < 1.29 is 5.11 Å². The van der Waals surface area contributed by atoms with Gasteiger partial charge in [-0.25, -0.2) is 0 Å². The van der Waals surface area contributed by atoms with Gasteiger partial charge in [0, 0.05) is 37.8 Å². The maximum Gasteiger partial charge on any atom is 0.0608 e. The molecule has 1 aliphatic heterocycles. The van der Waals surface area contributed by atoms with Crippen LogP contribution in [-0.4, -0.2) is 66.3 Å². The Morgan fingerprint density at radius 3 is 2.67 bits per heavy atom. The van der Waals surface area contributed by atoms with Gasteiger partial charge in [0.05, 0.1) is 6.61 Å². The summed E-state index contributed by atoms with van der Waals surface area (Å²) in [5.74, 6) is 0. The summed E-state index contributed by atoms with van der Waals surface area (Å²) in [6, 6.07) is 0.596. The molecule has 1 heterocycles. The second-order valence-electron chi connectivity index (χ2n) is 5.21. The minimum atomic E-state index is -0.428. The largest absolute Gasteiger partial charge is 0.394 e. The van der Waals surface area contributed by atoms with E-state index in [1.165, 1.54) is 0 Å². The van der Waals surface area contributed by atoms with Crippen LogP contribution < -0.4 is 5.73 Å². The maximum absolute atomic E-state index is 9.08. The van der Waals surface area contributed by atoms with Crippen LogP contribution in [0.2, 0.25) is 0 Å². The van der Waals surface area contributed by atoms with Crippen molar-refractivity contribution in [2.45, 2.75) is 31.8 Å². The normalized spacial score (nSPS) is 29.0. The molecule has 0 aromatic carbocycles. The first-order chi connectivity index (χ1) is 6.94.